The summed E-state index contributed by atoms with van der Waals surface area (Å²) < 4.78 is 5.46. The molecule has 0 bridgehead atoms. The van der Waals surface area contributed by atoms with Crippen LogP contribution in [0.15, 0.2) is 0 Å². The molecule has 0 spiro atoms. The van der Waals surface area contributed by atoms with E-state index in [1.807, 2.05) is 6.92 Å². The van der Waals surface area contributed by atoms with Crippen molar-refractivity contribution in [3.63, 3.8) is 0 Å². The first-order valence-electron chi connectivity index (χ1n) is 7.74. The Labute approximate surface area is 126 Å². The molecule has 4 N–H and O–H groups in total. The molecule has 21 heavy (non-hydrogen) atoms. The summed E-state index contributed by atoms with van der Waals surface area (Å²) in [5.74, 6) is 6.22. The fourth-order valence-electron chi connectivity index (χ4n) is 2.63. The summed E-state index contributed by atoms with van der Waals surface area (Å²) in [6.07, 6.45) is 7.33. The second kappa shape index (κ2) is 7.40. The summed E-state index contributed by atoms with van der Waals surface area (Å²) in [4.78, 5) is 12.6. The maximum absolute atomic E-state index is 5.46. The molecule has 118 valence electrons. The summed E-state index contributed by atoms with van der Waals surface area (Å²) in [7, 11) is 0. The minimum absolute atomic E-state index is 0.302. The molecule has 1 saturated carbocycles. The molecule has 1 heterocycles. The Morgan fingerprint density at radius 1 is 1.14 bits per heavy atom. The van der Waals surface area contributed by atoms with Crippen LogP contribution < -0.4 is 21.3 Å². The van der Waals surface area contributed by atoms with E-state index in [1.54, 1.807) is 0 Å². The normalized spacial score (nSPS) is 17.3. The topological polar surface area (TPSA) is 98.0 Å². The molecule has 0 aliphatic heterocycles. The van der Waals surface area contributed by atoms with Crippen molar-refractivity contribution in [1.29, 1.82) is 0 Å². The molecule has 0 radical (unpaired) electrons. The lowest BCUT2D eigenvalue weighted by atomic mass is 9.76. The highest BCUT2D eigenvalue weighted by molar-refractivity contribution is 5.35. The van der Waals surface area contributed by atoms with Crippen molar-refractivity contribution in [1.82, 2.24) is 15.0 Å². The van der Waals surface area contributed by atoms with Crippen LogP contribution in [0.2, 0.25) is 0 Å². The maximum atomic E-state index is 5.46. The highest BCUT2D eigenvalue weighted by Gasteiger charge is 2.26. The predicted octanol–water partition coefficient (Wildman–Crippen LogP) is 2.33. The van der Waals surface area contributed by atoms with Gasteiger partial charge >= 0.3 is 6.01 Å². The number of nitrogens with zero attached hydrogens (tertiary/aromatic N) is 3. The van der Waals surface area contributed by atoms with Crippen LogP contribution in [0.4, 0.5) is 11.9 Å². The Morgan fingerprint density at radius 2 is 1.86 bits per heavy atom. The van der Waals surface area contributed by atoms with E-state index in [0.717, 1.165) is 13.0 Å². The van der Waals surface area contributed by atoms with Gasteiger partial charge < -0.3 is 10.1 Å². The first kappa shape index (κ1) is 15.8. The van der Waals surface area contributed by atoms with Crippen molar-refractivity contribution in [3.05, 3.63) is 0 Å². The molecule has 7 nitrogen and oxygen atoms in total. The van der Waals surface area contributed by atoms with Crippen molar-refractivity contribution in [2.75, 3.05) is 23.9 Å². The minimum atomic E-state index is 0.302. The Bertz CT molecular complexity index is 447. The van der Waals surface area contributed by atoms with Crippen molar-refractivity contribution in [2.24, 2.45) is 11.3 Å². The summed E-state index contributed by atoms with van der Waals surface area (Å²) >= 11 is 0. The molecule has 0 unspecified atom stereocenters. The number of nitrogens with two attached hydrogens (primary N) is 1. The third kappa shape index (κ3) is 4.70. The van der Waals surface area contributed by atoms with Crippen molar-refractivity contribution in [3.8, 4) is 6.01 Å². The molecule has 0 aromatic carbocycles. The van der Waals surface area contributed by atoms with E-state index in [-0.39, 0.29) is 0 Å². The van der Waals surface area contributed by atoms with Crippen LogP contribution in [0.25, 0.3) is 0 Å². The number of hydrazine groups is 1. The van der Waals surface area contributed by atoms with Gasteiger partial charge in [-0.1, -0.05) is 33.1 Å². The van der Waals surface area contributed by atoms with Crippen LogP contribution in [0, 0.1) is 5.41 Å². The van der Waals surface area contributed by atoms with E-state index >= 15 is 0 Å². The molecule has 2 rings (SSSR count). The lowest BCUT2D eigenvalue weighted by Gasteiger charge is -2.33. The predicted molar refractivity (Wildman–Crippen MR) is 83.1 cm³/mol. The number of aromatic nitrogens is 3. The molecule has 1 aliphatic rings. The molecule has 1 fully saturated rings. The van der Waals surface area contributed by atoms with Crippen LogP contribution in [0.3, 0.4) is 0 Å². The lowest BCUT2D eigenvalue weighted by Crippen LogP contribution is -2.29. The van der Waals surface area contributed by atoms with E-state index in [1.165, 1.54) is 32.1 Å². The third-order valence-corrected chi connectivity index (χ3v) is 3.91. The second-order valence-corrected chi connectivity index (χ2v) is 5.98. The van der Waals surface area contributed by atoms with E-state index < -0.39 is 0 Å². The molecule has 7 heteroatoms. The van der Waals surface area contributed by atoms with E-state index in [4.69, 9.17) is 10.6 Å². The summed E-state index contributed by atoms with van der Waals surface area (Å²) in [5, 5.41) is 3.31. The number of hydrogen-bond acceptors (Lipinski definition) is 7. The van der Waals surface area contributed by atoms with Crippen LogP contribution in [-0.4, -0.2) is 28.1 Å². The van der Waals surface area contributed by atoms with Gasteiger partial charge in [0.15, 0.2) is 0 Å². The molecular formula is C14H26N6O. The number of ether oxygens (including phenoxy) is 1. The van der Waals surface area contributed by atoms with Crippen molar-refractivity contribution >= 4 is 11.9 Å². The first-order chi connectivity index (χ1) is 10.1. The van der Waals surface area contributed by atoms with E-state index in [0.29, 0.717) is 29.9 Å². The molecule has 0 atom stereocenters. The SMILES string of the molecule is CCCOc1nc(NN)nc(NCC2(C)CCCCC2)n1. The number of anilines is 2. The average Bonchev–Trinajstić information content (AvgIpc) is 2.51. The van der Waals surface area contributed by atoms with Gasteiger partial charge in [0.2, 0.25) is 11.9 Å². The number of hydrogen-bond donors (Lipinski definition) is 3. The minimum Gasteiger partial charge on any atom is -0.463 e. The van der Waals surface area contributed by atoms with Gasteiger partial charge in [-0.3, -0.25) is 5.43 Å². The summed E-state index contributed by atoms with van der Waals surface area (Å²) in [6, 6.07) is 0.302. The lowest BCUT2D eigenvalue weighted by molar-refractivity contribution is 0.232. The highest BCUT2D eigenvalue weighted by atomic mass is 16.5. The highest BCUT2D eigenvalue weighted by Crippen LogP contribution is 2.35. The number of nitrogen functional groups attached to an aromatic ring is 1. The molecule has 1 aliphatic carbocycles. The Hall–Kier alpha value is -1.63. The van der Waals surface area contributed by atoms with E-state index in [9.17, 15) is 0 Å². The van der Waals surface area contributed by atoms with Gasteiger partial charge in [0, 0.05) is 6.54 Å². The third-order valence-electron chi connectivity index (χ3n) is 3.91. The van der Waals surface area contributed by atoms with Crippen LogP contribution in [0.5, 0.6) is 6.01 Å². The van der Waals surface area contributed by atoms with Crippen LogP contribution >= 0.6 is 0 Å². The Balaban J connectivity index is 2.00. The smallest absolute Gasteiger partial charge is 0.323 e. The maximum Gasteiger partial charge on any atom is 0.323 e. The van der Waals surface area contributed by atoms with Crippen LogP contribution in [-0.2, 0) is 0 Å². The largest absolute Gasteiger partial charge is 0.463 e. The van der Waals surface area contributed by atoms with E-state index in [2.05, 4.69) is 32.6 Å². The van der Waals surface area contributed by atoms with Gasteiger partial charge in [0.25, 0.3) is 0 Å². The molecule has 1 aromatic rings. The molecular weight excluding hydrogens is 268 g/mol. The first-order valence-corrected chi connectivity index (χ1v) is 7.74. The molecule has 0 amide bonds. The fraction of sp³-hybridized carbons (Fsp3) is 0.786. The van der Waals surface area contributed by atoms with Crippen LogP contribution in [0.1, 0.15) is 52.4 Å². The summed E-state index contributed by atoms with van der Waals surface area (Å²) in [6.45, 7) is 5.78. The van der Waals surface area contributed by atoms with Gasteiger partial charge in [-0.2, -0.15) is 15.0 Å². The molecule has 1 aromatic heterocycles. The zero-order valence-electron chi connectivity index (χ0n) is 13.0. The Morgan fingerprint density at radius 3 is 2.52 bits per heavy atom. The second-order valence-electron chi connectivity index (χ2n) is 5.98. The number of rotatable bonds is 7. The molecule has 0 saturated heterocycles. The van der Waals surface area contributed by atoms with Gasteiger partial charge in [-0.05, 0) is 24.7 Å². The fourth-order valence-corrected chi connectivity index (χ4v) is 2.63. The summed E-state index contributed by atoms with van der Waals surface area (Å²) in [5.41, 5.74) is 2.76. The number of nitrogens with one attached hydrogen (secondary N) is 2. The average molecular weight is 294 g/mol. The van der Waals surface area contributed by atoms with Gasteiger partial charge in [-0.25, -0.2) is 5.84 Å². The standard InChI is InChI=1S/C14H26N6O/c1-3-9-21-13-18-11(17-12(19-13)20-15)16-10-14(2)7-5-4-6-8-14/h3-10,15H2,1-2H3,(H2,16,17,18,19,20). The van der Waals surface area contributed by atoms with Crippen molar-refractivity contribution < 1.29 is 4.74 Å². The van der Waals surface area contributed by atoms with Crippen molar-refractivity contribution in [2.45, 2.75) is 52.4 Å². The van der Waals surface area contributed by atoms with Gasteiger partial charge in [0.1, 0.15) is 0 Å². The van der Waals surface area contributed by atoms with Gasteiger partial charge in [-0.15, -0.1) is 0 Å². The van der Waals surface area contributed by atoms with Gasteiger partial charge in [0.05, 0.1) is 6.61 Å². The zero-order valence-corrected chi connectivity index (χ0v) is 13.0. The zero-order chi connectivity index (χ0) is 15.1. The monoisotopic (exact) mass is 294 g/mol. The quantitative estimate of drug-likeness (QED) is 0.524. The Kier molecular flexibility index (Phi) is 5.55.